The fraction of sp³-hybridized carbons (Fsp3) is 0.0448. The molecule has 3 aliphatic rings. The van der Waals surface area contributed by atoms with Crippen LogP contribution < -0.4 is 9.64 Å². The fourth-order valence-electron chi connectivity index (χ4n) is 11.9. The van der Waals surface area contributed by atoms with E-state index in [0.29, 0.717) is 0 Å². The molecule has 1 aliphatic heterocycles. The topological polar surface area (TPSA) is 17.4 Å². The van der Waals surface area contributed by atoms with Crippen LogP contribution in [0.2, 0.25) is 0 Å². The van der Waals surface area contributed by atoms with Crippen molar-refractivity contribution in [2.75, 3.05) is 4.90 Å². The van der Waals surface area contributed by atoms with E-state index in [2.05, 4.69) is 276 Å². The summed E-state index contributed by atoms with van der Waals surface area (Å²) < 4.78 is 9.06. The second-order valence-corrected chi connectivity index (χ2v) is 18.7. The summed E-state index contributed by atoms with van der Waals surface area (Å²) in [5.74, 6) is 1.19. The zero-order valence-electron chi connectivity index (χ0n) is 38.4. The number of para-hydroxylation sites is 3. The van der Waals surface area contributed by atoms with Crippen LogP contribution in [0.25, 0.3) is 60.9 Å². The first kappa shape index (κ1) is 40.2. The SMILES string of the molecule is C1=CC2Oc3c(-c4cccc(N(c5ccc(-c6ccc(-n7c8ccccc8c8ccccc87)cc6)cc5)c5ccc(C6(c7ccccc7)c7ccccc7-c7ccccc76)cc5)c4)cccc3C2C=C1. The summed E-state index contributed by atoms with van der Waals surface area (Å²) in [7, 11) is 0. The number of benzene rings is 10. The zero-order valence-corrected chi connectivity index (χ0v) is 38.4. The molecule has 70 heavy (non-hydrogen) atoms. The van der Waals surface area contributed by atoms with Crippen molar-refractivity contribution in [3.05, 3.63) is 295 Å². The van der Waals surface area contributed by atoms with Gasteiger partial charge in [-0.3, -0.25) is 0 Å². The molecule has 0 saturated heterocycles. The molecule has 1 aromatic heterocycles. The van der Waals surface area contributed by atoms with Crippen LogP contribution in [0.3, 0.4) is 0 Å². The van der Waals surface area contributed by atoms with Gasteiger partial charge in [-0.05, 0) is 117 Å². The van der Waals surface area contributed by atoms with E-state index in [1.165, 1.54) is 66.3 Å². The van der Waals surface area contributed by atoms with Gasteiger partial charge in [-0.25, -0.2) is 0 Å². The third-order valence-electron chi connectivity index (χ3n) is 15.0. The number of fused-ring (bicyclic) bond motifs is 9. The number of aromatic nitrogens is 1. The predicted octanol–water partition coefficient (Wildman–Crippen LogP) is 16.9. The Hall–Kier alpha value is -8.92. The van der Waals surface area contributed by atoms with E-state index in [1.54, 1.807) is 0 Å². The van der Waals surface area contributed by atoms with Gasteiger partial charge in [0, 0.05) is 50.6 Å². The molecule has 0 saturated carbocycles. The molecule has 11 aromatic rings. The Balaban J connectivity index is 0.877. The summed E-state index contributed by atoms with van der Waals surface area (Å²) in [5, 5.41) is 2.53. The highest BCUT2D eigenvalue weighted by Crippen LogP contribution is 2.56. The first-order valence-electron chi connectivity index (χ1n) is 24.3. The first-order valence-corrected chi connectivity index (χ1v) is 24.3. The van der Waals surface area contributed by atoms with Gasteiger partial charge in [0.1, 0.15) is 11.9 Å². The molecule has 0 radical (unpaired) electrons. The second-order valence-electron chi connectivity index (χ2n) is 18.7. The van der Waals surface area contributed by atoms with Crippen LogP contribution in [0.15, 0.2) is 267 Å². The minimum atomic E-state index is -0.480. The van der Waals surface area contributed by atoms with Crippen molar-refractivity contribution < 1.29 is 4.74 Å². The average molecular weight is 895 g/mol. The van der Waals surface area contributed by atoms with Gasteiger partial charge < -0.3 is 14.2 Å². The van der Waals surface area contributed by atoms with Crippen molar-refractivity contribution in [2.24, 2.45) is 0 Å². The maximum atomic E-state index is 6.69. The molecule has 0 amide bonds. The Labute approximate surface area is 408 Å². The van der Waals surface area contributed by atoms with Crippen molar-refractivity contribution in [3.63, 3.8) is 0 Å². The van der Waals surface area contributed by atoms with E-state index in [9.17, 15) is 0 Å². The van der Waals surface area contributed by atoms with Crippen LogP contribution in [0, 0.1) is 0 Å². The van der Waals surface area contributed by atoms with Crippen LogP contribution in [-0.2, 0) is 5.41 Å². The second kappa shape index (κ2) is 16.1. The minimum absolute atomic E-state index is 0.0145. The van der Waals surface area contributed by atoms with Crippen LogP contribution >= 0.6 is 0 Å². The quantitative estimate of drug-likeness (QED) is 0.151. The number of allylic oxidation sites excluding steroid dienone is 2. The lowest BCUT2D eigenvalue weighted by Crippen LogP contribution is -2.28. The maximum absolute atomic E-state index is 6.69. The third kappa shape index (κ3) is 6.15. The summed E-state index contributed by atoms with van der Waals surface area (Å²) >= 11 is 0. The van der Waals surface area contributed by atoms with Gasteiger partial charge in [0.25, 0.3) is 0 Å². The van der Waals surface area contributed by atoms with E-state index in [-0.39, 0.29) is 12.0 Å². The normalized spacial score (nSPS) is 15.8. The smallest absolute Gasteiger partial charge is 0.132 e. The molecular weight excluding hydrogens is 849 g/mol. The Bertz CT molecular complexity index is 3760. The molecule has 330 valence electrons. The molecule has 0 N–H and O–H groups in total. The van der Waals surface area contributed by atoms with Crippen molar-refractivity contribution in [1.29, 1.82) is 0 Å². The number of hydrogen-bond acceptors (Lipinski definition) is 2. The summed E-state index contributed by atoms with van der Waals surface area (Å²) in [6, 6.07) is 89.1. The largest absolute Gasteiger partial charge is 0.484 e. The maximum Gasteiger partial charge on any atom is 0.132 e. The molecule has 0 bridgehead atoms. The highest BCUT2D eigenvalue weighted by atomic mass is 16.5. The molecule has 0 fully saturated rings. The van der Waals surface area contributed by atoms with E-state index >= 15 is 0 Å². The van der Waals surface area contributed by atoms with E-state index in [4.69, 9.17) is 4.74 Å². The molecule has 10 aromatic carbocycles. The Morgan fingerprint density at radius 1 is 0.400 bits per heavy atom. The van der Waals surface area contributed by atoms with Gasteiger partial charge in [0.15, 0.2) is 0 Å². The summed E-state index contributed by atoms with van der Waals surface area (Å²) in [5.41, 5.74) is 19.8. The Kier molecular flexibility index (Phi) is 9.25. The van der Waals surface area contributed by atoms with Crippen LogP contribution in [0.4, 0.5) is 17.1 Å². The van der Waals surface area contributed by atoms with Gasteiger partial charge >= 0.3 is 0 Å². The molecule has 3 heteroatoms. The van der Waals surface area contributed by atoms with Crippen molar-refractivity contribution in [3.8, 4) is 44.8 Å². The number of rotatable bonds is 8. The summed E-state index contributed by atoms with van der Waals surface area (Å²) in [6.45, 7) is 0. The lowest BCUT2D eigenvalue weighted by Gasteiger charge is -2.34. The highest BCUT2D eigenvalue weighted by Gasteiger charge is 2.46. The summed E-state index contributed by atoms with van der Waals surface area (Å²) in [4.78, 5) is 2.39. The standard InChI is InChI=1S/C67H46N2O/c1-2-17-48(18-3-1)67(61-27-9-4-20-55(61)56-21-5-10-28-62(56)67)49-36-42-51(43-37-49)68(53-19-14-16-47(44-53)54-25-15-26-60-59-24-8-13-31-65(59)70-66(54)60)50-38-32-45(33-39-50)46-34-40-52(41-35-46)69-63-29-11-6-22-57(63)58-23-7-12-30-64(58)69/h1-44,59,65H. The van der Waals surface area contributed by atoms with Crippen molar-refractivity contribution in [2.45, 2.75) is 17.4 Å². The van der Waals surface area contributed by atoms with Gasteiger partial charge in [-0.15, -0.1) is 0 Å². The number of ether oxygens (including phenoxy) is 1. The van der Waals surface area contributed by atoms with Crippen LogP contribution in [0.5, 0.6) is 5.75 Å². The molecule has 0 spiro atoms. The van der Waals surface area contributed by atoms with E-state index in [0.717, 1.165) is 45.2 Å². The number of nitrogens with zero attached hydrogens (tertiary/aromatic N) is 2. The minimum Gasteiger partial charge on any atom is -0.484 e. The molecule has 2 atom stereocenters. The highest BCUT2D eigenvalue weighted by molar-refractivity contribution is 6.09. The molecule has 2 aliphatic carbocycles. The van der Waals surface area contributed by atoms with Crippen LogP contribution in [0.1, 0.15) is 33.7 Å². The van der Waals surface area contributed by atoms with Gasteiger partial charge in [0.05, 0.1) is 16.4 Å². The fourth-order valence-corrected chi connectivity index (χ4v) is 11.9. The van der Waals surface area contributed by atoms with Gasteiger partial charge in [0.2, 0.25) is 0 Å². The van der Waals surface area contributed by atoms with Crippen molar-refractivity contribution in [1.82, 2.24) is 4.57 Å². The van der Waals surface area contributed by atoms with E-state index < -0.39 is 5.41 Å². The van der Waals surface area contributed by atoms with Crippen molar-refractivity contribution >= 4 is 38.9 Å². The number of hydrogen-bond donors (Lipinski definition) is 0. The lowest BCUT2D eigenvalue weighted by molar-refractivity contribution is 0.270. The molecular formula is C67H46N2O. The number of anilines is 3. The van der Waals surface area contributed by atoms with Gasteiger partial charge in [-0.2, -0.15) is 0 Å². The monoisotopic (exact) mass is 894 g/mol. The van der Waals surface area contributed by atoms with E-state index in [1.807, 2.05) is 0 Å². The molecule has 2 unspecified atom stereocenters. The van der Waals surface area contributed by atoms with Gasteiger partial charge in [-0.1, -0.05) is 200 Å². The third-order valence-corrected chi connectivity index (χ3v) is 15.0. The summed E-state index contributed by atoms with van der Waals surface area (Å²) in [6.07, 6.45) is 8.67. The molecule has 2 heterocycles. The molecule has 3 nitrogen and oxygen atoms in total. The Morgan fingerprint density at radius 3 is 1.63 bits per heavy atom. The molecule has 14 rings (SSSR count). The average Bonchev–Trinajstić information content (AvgIpc) is 4.09. The first-order chi connectivity index (χ1) is 34.7. The predicted molar refractivity (Wildman–Crippen MR) is 289 cm³/mol. The zero-order chi connectivity index (χ0) is 46.2. The lowest BCUT2D eigenvalue weighted by atomic mass is 9.68. The Morgan fingerprint density at radius 2 is 0.943 bits per heavy atom. The van der Waals surface area contributed by atoms with Crippen LogP contribution in [-0.4, -0.2) is 10.7 Å².